The zero-order chi connectivity index (χ0) is 26.0. The van der Waals surface area contributed by atoms with Crippen LogP contribution in [-0.2, 0) is 14.3 Å². The van der Waals surface area contributed by atoms with Crippen molar-refractivity contribution in [2.45, 2.75) is 62.6 Å². The monoisotopic (exact) mass is 572 g/mol. The molecule has 2 heterocycles. The highest BCUT2D eigenvalue weighted by atomic mass is 79.9. The summed E-state index contributed by atoms with van der Waals surface area (Å²) in [6, 6.07) is 11.0. The number of halogens is 2. The van der Waals surface area contributed by atoms with Gasteiger partial charge < -0.3 is 24.4 Å². The van der Waals surface area contributed by atoms with E-state index in [2.05, 4.69) is 26.2 Å². The molecule has 10 heteroatoms. The number of carboxylic acids is 1. The molecule has 1 saturated heterocycles. The van der Waals surface area contributed by atoms with Crippen LogP contribution in [0.15, 0.2) is 57.7 Å². The number of carbonyl (C=O) groups is 2. The van der Waals surface area contributed by atoms with E-state index < -0.39 is 29.4 Å². The number of nitrogens with zero attached hydrogens (tertiary/aromatic N) is 2. The van der Waals surface area contributed by atoms with E-state index >= 15 is 4.39 Å². The first-order valence-corrected chi connectivity index (χ1v) is 13.4. The number of ketones is 1. The van der Waals surface area contributed by atoms with E-state index in [1.807, 2.05) is 6.07 Å². The lowest BCUT2D eigenvalue weighted by Crippen LogP contribution is -2.63. The first kappa shape index (κ1) is 25.8. The number of benzene rings is 2. The molecule has 37 heavy (non-hydrogen) atoms. The molecule has 3 aromatic rings. The summed E-state index contributed by atoms with van der Waals surface area (Å²) in [5.74, 6) is -5.40. The van der Waals surface area contributed by atoms with Crippen LogP contribution in [0.4, 0.5) is 10.1 Å². The molecule has 8 nitrogen and oxygen atoms in total. The minimum atomic E-state index is -2.98. The number of aromatic nitrogens is 1. The van der Waals surface area contributed by atoms with Crippen LogP contribution in [0.2, 0.25) is 0 Å². The SMILES string of the molecule is O=C([O-])C1(OC(F)(C(=O)C(Nc2ccccc2Br)c2ccc3ncoc3c2)N2CCCC2)CCCCC1. The zero-order valence-corrected chi connectivity index (χ0v) is 21.8. The van der Waals surface area contributed by atoms with Gasteiger partial charge in [0.25, 0.3) is 0 Å². The normalized spacial score (nSPS) is 20.4. The number of nitrogens with one attached hydrogen (secondary N) is 1. The maximum absolute atomic E-state index is 17.2. The van der Waals surface area contributed by atoms with Crippen molar-refractivity contribution in [1.29, 1.82) is 0 Å². The Labute approximate surface area is 222 Å². The third kappa shape index (κ3) is 5.02. The summed E-state index contributed by atoms with van der Waals surface area (Å²) in [6.45, 7) is 0.544. The van der Waals surface area contributed by atoms with Gasteiger partial charge in [-0.2, -0.15) is 4.39 Å². The summed E-state index contributed by atoms with van der Waals surface area (Å²) in [5, 5.41) is 15.5. The summed E-state index contributed by atoms with van der Waals surface area (Å²) >= 11 is 3.48. The number of fused-ring (bicyclic) bond motifs is 1. The fraction of sp³-hybridized carbons (Fsp3) is 0.444. The van der Waals surface area contributed by atoms with Gasteiger partial charge in [0.2, 0.25) is 5.78 Å². The number of hydrogen-bond acceptors (Lipinski definition) is 8. The molecule has 0 amide bonds. The highest BCUT2D eigenvalue weighted by Crippen LogP contribution is 2.41. The van der Waals surface area contributed by atoms with E-state index in [4.69, 9.17) is 9.15 Å². The van der Waals surface area contributed by atoms with E-state index in [-0.39, 0.29) is 25.9 Å². The van der Waals surface area contributed by atoms with E-state index in [1.165, 1.54) is 11.3 Å². The third-order valence-corrected chi connectivity index (χ3v) is 8.00. The minimum absolute atomic E-state index is 0.0917. The zero-order valence-electron chi connectivity index (χ0n) is 20.3. The Morgan fingerprint density at radius 3 is 2.57 bits per heavy atom. The van der Waals surface area contributed by atoms with Gasteiger partial charge in [0.05, 0.1) is 5.97 Å². The fourth-order valence-electron chi connectivity index (χ4n) is 5.27. The van der Waals surface area contributed by atoms with Crippen molar-refractivity contribution < 1.29 is 28.2 Å². The van der Waals surface area contributed by atoms with Crippen LogP contribution in [0, 0.1) is 0 Å². The second kappa shape index (κ2) is 10.5. The van der Waals surface area contributed by atoms with Gasteiger partial charge in [-0.15, -0.1) is 0 Å². The van der Waals surface area contributed by atoms with Gasteiger partial charge in [0.1, 0.15) is 17.2 Å². The standard InChI is InChI=1S/C27H29BrFN3O5/c28-19-8-2-3-9-20(19)31-23(18-10-11-21-22(16-18)36-17-30-21)24(33)27(29,32-14-6-7-15-32)37-26(25(34)35)12-4-1-5-13-26/h2-3,8-11,16-17,23,31H,1,4-7,12-15H2,(H,34,35)/p-1. The first-order valence-electron chi connectivity index (χ1n) is 12.6. The Morgan fingerprint density at radius 2 is 1.86 bits per heavy atom. The first-order chi connectivity index (χ1) is 17.8. The van der Waals surface area contributed by atoms with Crippen LogP contribution >= 0.6 is 15.9 Å². The van der Waals surface area contributed by atoms with Gasteiger partial charge in [0, 0.05) is 23.2 Å². The maximum Gasteiger partial charge on any atom is 0.332 e. The molecule has 0 radical (unpaired) electrons. The van der Waals surface area contributed by atoms with Crippen molar-refractivity contribution in [3.05, 3.63) is 58.9 Å². The number of alkyl halides is 1. The van der Waals surface area contributed by atoms with Gasteiger partial charge in [-0.05, 0) is 71.4 Å². The maximum atomic E-state index is 17.2. The van der Waals surface area contributed by atoms with Crippen molar-refractivity contribution in [1.82, 2.24) is 9.88 Å². The lowest BCUT2D eigenvalue weighted by Gasteiger charge is -2.45. The topological polar surface area (TPSA) is 108 Å². The van der Waals surface area contributed by atoms with Crippen LogP contribution in [0.25, 0.3) is 11.1 Å². The molecule has 0 bridgehead atoms. The highest BCUT2D eigenvalue weighted by molar-refractivity contribution is 9.10. The number of ether oxygens (including phenoxy) is 1. The average Bonchev–Trinajstić information content (AvgIpc) is 3.61. The van der Waals surface area contributed by atoms with E-state index in [0.29, 0.717) is 52.5 Å². The Kier molecular flexibility index (Phi) is 7.33. The smallest absolute Gasteiger partial charge is 0.332 e. The summed E-state index contributed by atoms with van der Waals surface area (Å²) in [5.41, 5.74) is 0.152. The number of carboxylic acid groups (broad SMARTS) is 1. The number of anilines is 1. The third-order valence-electron chi connectivity index (χ3n) is 7.31. The molecule has 1 aromatic heterocycles. The number of oxazole rings is 1. The predicted molar refractivity (Wildman–Crippen MR) is 136 cm³/mol. The molecule has 2 unspecified atom stereocenters. The molecule has 0 spiro atoms. The average molecular weight is 573 g/mol. The molecule has 1 aliphatic carbocycles. The lowest BCUT2D eigenvalue weighted by molar-refractivity contribution is -0.352. The molecule has 2 fully saturated rings. The van der Waals surface area contributed by atoms with E-state index in [9.17, 15) is 14.7 Å². The van der Waals surface area contributed by atoms with Crippen molar-refractivity contribution in [3.8, 4) is 0 Å². The fourth-order valence-corrected chi connectivity index (χ4v) is 5.67. The van der Waals surface area contributed by atoms with Crippen molar-refractivity contribution in [3.63, 3.8) is 0 Å². The van der Waals surface area contributed by atoms with Gasteiger partial charge in [-0.3, -0.25) is 4.79 Å². The molecular formula is C27H28BrFN3O5-. The molecule has 1 saturated carbocycles. The molecule has 196 valence electrons. The van der Waals surface area contributed by atoms with Crippen LogP contribution in [0.5, 0.6) is 0 Å². The predicted octanol–water partition coefficient (Wildman–Crippen LogP) is 4.50. The quantitative estimate of drug-likeness (QED) is 0.373. The number of aliphatic carboxylic acids is 1. The molecule has 2 atom stereocenters. The lowest BCUT2D eigenvalue weighted by atomic mass is 9.84. The van der Waals surface area contributed by atoms with Gasteiger partial charge in [-0.1, -0.05) is 37.5 Å². The molecule has 2 aliphatic rings. The molecule has 5 rings (SSSR count). The molecule has 1 aliphatic heterocycles. The van der Waals surface area contributed by atoms with Crippen LogP contribution < -0.4 is 10.4 Å². The van der Waals surface area contributed by atoms with Crippen molar-refractivity contribution in [2.24, 2.45) is 0 Å². The molecule has 1 N–H and O–H groups in total. The van der Waals surface area contributed by atoms with E-state index in [1.54, 1.807) is 36.4 Å². The summed E-state index contributed by atoms with van der Waals surface area (Å²) in [7, 11) is 0. The summed E-state index contributed by atoms with van der Waals surface area (Å²) in [6.07, 6.45) is 4.76. The van der Waals surface area contributed by atoms with Gasteiger partial charge in [-0.25, -0.2) is 9.88 Å². The van der Waals surface area contributed by atoms with Crippen LogP contribution in [0.3, 0.4) is 0 Å². The minimum Gasteiger partial charge on any atom is -0.547 e. The number of rotatable bonds is 9. The van der Waals surface area contributed by atoms with Gasteiger partial charge in [0.15, 0.2) is 12.0 Å². The van der Waals surface area contributed by atoms with E-state index in [0.717, 1.165) is 6.42 Å². The Balaban J connectivity index is 1.59. The van der Waals surface area contributed by atoms with Crippen LogP contribution in [-0.4, -0.2) is 46.3 Å². The van der Waals surface area contributed by atoms with Crippen molar-refractivity contribution >= 4 is 44.5 Å². The number of likely N-dealkylation sites (tertiary alicyclic amines) is 1. The Bertz CT molecular complexity index is 1290. The number of para-hydroxylation sites is 1. The molecule has 2 aromatic carbocycles. The highest BCUT2D eigenvalue weighted by Gasteiger charge is 2.55. The second-order valence-corrected chi connectivity index (χ2v) is 10.6. The molecular weight excluding hydrogens is 545 g/mol. The van der Waals surface area contributed by atoms with Gasteiger partial charge >= 0.3 is 5.98 Å². The second-order valence-electron chi connectivity index (χ2n) is 9.70. The number of hydrogen-bond donors (Lipinski definition) is 1. The number of carbonyl (C=O) groups excluding carboxylic acids is 2. The van der Waals surface area contributed by atoms with Crippen molar-refractivity contribution in [2.75, 3.05) is 18.4 Å². The number of Topliss-reactive ketones (excluding diaryl/α,β-unsaturated/α-hetero) is 1. The summed E-state index contributed by atoms with van der Waals surface area (Å²) in [4.78, 5) is 32.0. The Morgan fingerprint density at radius 1 is 1.14 bits per heavy atom. The Hall–Kier alpha value is -2.82. The largest absolute Gasteiger partial charge is 0.547 e. The van der Waals surface area contributed by atoms with Crippen LogP contribution in [0.1, 0.15) is 56.6 Å². The summed E-state index contributed by atoms with van der Waals surface area (Å²) < 4.78 is 29.2.